The van der Waals surface area contributed by atoms with Crippen molar-refractivity contribution in [3.63, 3.8) is 0 Å². The topological polar surface area (TPSA) is 98.6 Å². The number of nitrogens with one attached hydrogen (secondary N) is 1. The van der Waals surface area contributed by atoms with Gasteiger partial charge in [0.15, 0.2) is 0 Å². The van der Waals surface area contributed by atoms with Crippen molar-refractivity contribution in [1.82, 2.24) is 19.7 Å². The summed E-state index contributed by atoms with van der Waals surface area (Å²) in [6.07, 6.45) is 1.56. The largest absolute Gasteiger partial charge is 0.480 e. The van der Waals surface area contributed by atoms with Crippen molar-refractivity contribution < 1.29 is 26.7 Å². The normalized spacial score (nSPS) is 14.7. The van der Waals surface area contributed by atoms with Gasteiger partial charge >= 0.3 is 0 Å². The third-order valence-electron chi connectivity index (χ3n) is 6.24. The van der Waals surface area contributed by atoms with Gasteiger partial charge in [-0.1, -0.05) is 6.07 Å². The summed E-state index contributed by atoms with van der Waals surface area (Å²) in [6.45, 7) is 3.78. The Bertz CT molecular complexity index is 1570. The predicted octanol–water partition coefficient (Wildman–Crippen LogP) is 3.56. The van der Waals surface area contributed by atoms with Crippen LogP contribution in [-0.2, 0) is 28.4 Å². The second-order valence-electron chi connectivity index (χ2n) is 8.65. The molecule has 5 rings (SSSR count). The van der Waals surface area contributed by atoms with Crippen LogP contribution >= 0.6 is 0 Å². The Morgan fingerprint density at radius 2 is 1.86 bits per heavy atom. The van der Waals surface area contributed by atoms with Crippen LogP contribution in [0.4, 0.5) is 14.5 Å². The van der Waals surface area contributed by atoms with E-state index in [-0.39, 0.29) is 11.6 Å². The minimum Gasteiger partial charge on any atom is -0.480 e. The fourth-order valence-corrected chi connectivity index (χ4v) is 5.44. The van der Waals surface area contributed by atoms with Crippen LogP contribution in [0.1, 0.15) is 5.69 Å². The zero-order chi connectivity index (χ0) is 26.2. The summed E-state index contributed by atoms with van der Waals surface area (Å²) in [5.41, 5.74) is 3.30. The fraction of sp³-hybridized carbons (Fsp3) is 0.280. The molecule has 3 heterocycles. The van der Waals surface area contributed by atoms with E-state index in [1.807, 2.05) is 29.9 Å². The first-order valence-corrected chi connectivity index (χ1v) is 13.0. The third kappa shape index (κ3) is 5.13. The average Bonchev–Trinajstić information content (AvgIpc) is 3.18. The summed E-state index contributed by atoms with van der Waals surface area (Å²) in [7, 11) is -1.13. The Morgan fingerprint density at radius 3 is 2.59 bits per heavy atom. The van der Waals surface area contributed by atoms with Gasteiger partial charge in [0.2, 0.25) is 5.88 Å². The van der Waals surface area contributed by atoms with Gasteiger partial charge in [-0.25, -0.2) is 22.2 Å². The molecular formula is C25H25F2N5O4S. The zero-order valence-electron chi connectivity index (χ0n) is 20.2. The van der Waals surface area contributed by atoms with Gasteiger partial charge in [0.1, 0.15) is 22.2 Å². The Kier molecular flexibility index (Phi) is 6.80. The molecule has 37 heavy (non-hydrogen) atoms. The number of benzene rings is 2. The summed E-state index contributed by atoms with van der Waals surface area (Å²) < 4.78 is 68.1. The van der Waals surface area contributed by atoms with Gasteiger partial charge in [0.05, 0.1) is 31.5 Å². The van der Waals surface area contributed by atoms with E-state index >= 15 is 0 Å². The van der Waals surface area contributed by atoms with Crippen molar-refractivity contribution >= 4 is 26.6 Å². The van der Waals surface area contributed by atoms with Crippen molar-refractivity contribution in [2.75, 3.05) is 38.1 Å². The van der Waals surface area contributed by atoms with Gasteiger partial charge in [-0.05, 0) is 35.9 Å². The van der Waals surface area contributed by atoms with Crippen LogP contribution in [0.15, 0.2) is 53.6 Å². The molecule has 1 aliphatic rings. The average molecular weight is 530 g/mol. The third-order valence-corrected chi connectivity index (χ3v) is 7.64. The highest BCUT2D eigenvalue weighted by Crippen LogP contribution is 2.32. The second kappa shape index (κ2) is 10.0. The predicted molar refractivity (Wildman–Crippen MR) is 134 cm³/mol. The van der Waals surface area contributed by atoms with Gasteiger partial charge < -0.3 is 9.47 Å². The van der Waals surface area contributed by atoms with Crippen molar-refractivity contribution in [2.45, 2.75) is 11.4 Å². The van der Waals surface area contributed by atoms with E-state index in [9.17, 15) is 17.2 Å². The molecule has 0 radical (unpaired) electrons. The van der Waals surface area contributed by atoms with E-state index in [0.29, 0.717) is 24.8 Å². The Labute approximate surface area is 212 Å². The van der Waals surface area contributed by atoms with Crippen LogP contribution in [0.25, 0.3) is 22.0 Å². The molecule has 12 heteroatoms. The number of halogens is 2. The van der Waals surface area contributed by atoms with E-state index in [2.05, 4.69) is 19.7 Å². The molecule has 0 aliphatic carbocycles. The molecule has 1 fully saturated rings. The first-order valence-electron chi connectivity index (χ1n) is 11.5. The summed E-state index contributed by atoms with van der Waals surface area (Å²) in [4.78, 5) is 5.86. The minimum absolute atomic E-state index is 0.00491. The summed E-state index contributed by atoms with van der Waals surface area (Å²) in [6, 6.07) is 9.57. The Balaban J connectivity index is 1.50. The molecule has 2 aromatic carbocycles. The van der Waals surface area contributed by atoms with E-state index in [1.54, 1.807) is 12.3 Å². The van der Waals surface area contributed by atoms with Gasteiger partial charge in [0.25, 0.3) is 10.0 Å². The quantitative estimate of drug-likeness (QED) is 0.391. The van der Waals surface area contributed by atoms with Crippen LogP contribution < -0.4 is 9.46 Å². The Hall–Kier alpha value is -3.61. The number of aromatic nitrogens is 3. The number of morpholine rings is 1. The van der Waals surface area contributed by atoms with Crippen LogP contribution in [0.2, 0.25) is 0 Å². The number of aryl methyl sites for hydroxylation is 1. The molecule has 9 nitrogen and oxygen atoms in total. The molecule has 0 bridgehead atoms. The number of sulfonamides is 1. The zero-order valence-corrected chi connectivity index (χ0v) is 21.1. The number of fused-ring (bicyclic) bond motifs is 1. The number of ether oxygens (including phenoxy) is 2. The Morgan fingerprint density at radius 1 is 1.08 bits per heavy atom. The molecular weight excluding hydrogens is 504 g/mol. The molecule has 0 amide bonds. The van der Waals surface area contributed by atoms with E-state index in [0.717, 1.165) is 53.9 Å². The second-order valence-corrected chi connectivity index (χ2v) is 10.3. The van der Waals surface area contributed by atoms with Crippen molar-refractivity contribution in [3.05, 3.63) is 66.0 Å². The van der Waals surface area contributed by atoms with Crippen molar-refractivity contribution in [1.29, 1.82) is 0 Å². The molecule has 1 aliphatic heterocycles. The molecule has 1 N–H and O–H groups in total. The lowest BCUT2D eigenvalue weighted by molar-refractivity contribution is 0.0333. The maximum absolute atomic E-state index is 14.2. The highest BCUT2D eigenvalue weighted by molar-refractivity contribution is 7.92. The minimum atomic E-state index is -4.39. The first kappa shape index (κ1) is 25.1. The van der Waals surface area contributed by atoms with Crippen LogP contribution in [0.3, 0.4) is 0 Å². The number of nitrogens with zero attached hydrogens (tertiary/aromatic N) is 4. The fourth-order valence-electron chi connectivity index (χ4n) is 4.33. The standard InChI is InChI=1S/C25H25F2N5O4S/c1-31-23(15-32-7-9-36-10-8-32)19-11-16(3-5-21(19)29-31)17-12-22(25(35-2)28-14-17)30-37(33,34)24-6-4-18(26)13-20(24)27/h3-6,11-14,30H,7-10,15H2,1-2H3. The molecule has 0 unspecified atom stereocenters. The van der Waals surface area contributed by atoms with E-state index in [1.165, 1.54) is 7.11 Å². The number of hydrogen-bond acceptors (Lipinski definition) is 7. The molecule has 194 valence electrons. The smallest absolute Gasteiger partial charge is 0.264 e. The number of pyridine rings is 1. The van der Waals surface area contributed by atoms with Gasteiger partial charge in [0, 0.05) is 49.9 Å². The monoisotopic (exact) mass is 529 g/mol. The molecule has 0 saturated carbocycles. The summed E-state index contributed by atoms with van der Waals surface area (Å²) >= 11 is 0. The summed E-state index contributed by atoms with van der Waals surface area (Å²) in [5.74, 6) is -2.08. The SMILES string of the molecule is COc1ncc(-c2ccc3nn(C)c(CN4CCOCC4)c3c2)cc1NS(=O)(=O)c1ccc(F)cc1F. The first-order chi connectivity index (χ1) is 17.7. The molecule has 0 spiro atoms. The molecule has 0 atom stereocenters. The van der Waals surface area contributed by atoms with Crippen molar-refractivity contribution in [3.8, 4) is 17.0 Å². The van der Waals surface area contributed by atoms with E-state index < -0.39 is 26.6 Å². The molecule has 1 saturated heterocycles. The number of methoxy groups -OCH3 is 1. The van der Waals surface area contributed by atoms with Crippen LogP contribution in [-0.4, -0.2) is 61.5 Å². The van der Waals surface area contributed by atoms with Gasteiger partial charge in [-0.2, -0.15) is 5.10 Å². The van der Waals surface area contributed by atoms with Gasteiger partial charge in [-0.3, -0.25) is 14.3 Å². The number of rotatable bonds is 7. The van der Waals surface area contributed by atoms with Crippen molar-refractivity contribution in [2.24, 2.45) is 7.05 Å². The number of anilines is 1. The lowest BCUT2D eigenvalue weighted by Crippen LogP contribution is -2.36. The lowest BCUT2D eigenvalue weighted by Gasteiger charge is -2.26. The highest BCUT2D eigenvalue weighted by Gasteiger charge is 2.23. The van der Waals surface area contributed by atoms with Gasteiger partial charge in [-0.15, -0.1) is 0 Å². The lowest BCUT2D eigenvalue weighted by atomic mass is 10.0. The molecule has 4 aromatic rings. The summed E-state index contributed by atoms with van der Waals surface area (Å²) in [5, 5.41) is 5.59. The van der Waals surface area contributed by atoms with E-state index in [4.69, 9.17) is 9.47 Å². The van der Waals surface area contributed by atoms with Crippen LogP contribution in [0, 0.1) is 11.6 Å². The highest BCUT2D eigenvalue weighted by atomic mass is 32.2. The maximum Gasteiger partial charge on any atom is 0.264 e. The molecule has 2 aromatic heterocycles. The maximum atomic E-state index is 14.2. The van der Waals surface area contributed by atoms with Crippen LogP contribution in [0.5, 0.6) is 5.88 Å². The number of hydrogen-bond donors (Lipinski definition) is 1.